The first-order valence-corrected chi connectivity index (χ1v) is 9.20. The van der Waals surface area contributed by atoms with Crippen LogP contribution >= 0.6 is 0 Å². The summed E-state index contributed by atoms with van der Waals surface area (Å²) in [5, 5.41) is 1.00. The standard InChI is InChI=1S/C22H24N2O2/c1-26-17-11-13-24(14-12-17)15-20(25)21-18-9-5-6-10-19(18)23-22(21)16-7-3-2-4-8-16/h2-10,17,23H,11-15H2,1H3. The minimum atomic E-state index is 0.178. The summed E-state index contributed by atoms with van der Waals surface area (Å²) >= 11 is 0. The fourth-order valence-corrected chi connectivity index (χ4v) is 3.84. The lowest BCUT2D eigenvalue weighted by atomic mass is 10.0. The Bertz CT molecular complexity index is 893. The molecule has 1 aliphatic heterocycles. The van der Waals surface area contributed by atoms with Gasteiger partial charge in [-0.15, -0.1) is 0 Å². The number of ether oxygens (including phenoxy) is 1. The number of aromatic amines is 1. The van der Waals surface area contributed by atoms with Crippen LogP contribution in [-0.4, -0.2) is 48.5 Å². The first kappa shape index (κ1) is 17.0. The average molecular weight is 348 g/mol. The van der Waals surface area contributed by atoms with E-state index in [2.05, 4.69) is 9.88 Å². The first-order chi connectivity index (χ1) is 12.8. The molecule has 0 amide bonds. The number of ketones is 1. The number of benzene rings is 2. The van der Waals surface area contributed by atoms with Gasteiger partial charge in [0.05, 0.1) is 23.9 Å². The van der Waals surface area contributed by atoms with Crippen LogP contribution in [0.4, 0.5) is 0 Å². The van der Waals surface area contributed by atoms with Gasteiger partial charge in [0.1, 0.15) is 0 Å². The van der Waals surface area contributed by atoms with Crippen molar-refractivity contribution in [3.05, 3.63) is 60.2 Å². The summed E-state index contributed by atoms with van der Waals surface area (Å²) in [6, 6.07) is 18.1. The monoisotopic (exact) mass is 348 g/mol. The quantitative estimate of drug-likeness (QED) is 0.705. The third-order valence-corrected chi connectivity index (χ3v) is 5.28. The van der Waals surface area contributed by atoms with Crippen LogP contribution in [-0.2, 0) is 4.74 Å². The van der Waals surface area contributed by atoms with Crippen molar-refractivity contribution < 1.29 is 9.53 Å². The summed E-state index contributed by atoms with van der Waals surface area (Å²) < 4.78 is 5.43. The van der Waals surface area contributed by atoms with Crippen molar-refractivity contribution in [2.24, 2.45) is 0 Å². The molecular formula is C22H24N2O2. The molecule has 4 rings (SSSR count). The maximum atomic E-state index is 13.2. The van der Waals surface area contributed by atoms with Gasteiger partial charge in [0.2, 0.25) is 0 Å². The van der Waals surface area contributed by atoms with Crippen LogP contribution in [0.1, 0.15) is 23.2 Å². The number of nitrogens with zero attached hydrogens (tertiary/aromatic N) is 1. The lowest BCUT2D eigenvalue weighted by molar-refractivity contribution is 0.0402. The molecule has 4 nitrogen and oxygen atoms in total. The molecule has 2 heterocycles. The number of fused-ring (bicyclic) bond motifs is 1. The van der Waals surface area contributed by atoms with Gasteiger partial charge in [-0.25, -0.2) is 0 Å². The van der Waals surface area contributed by atoms with Crippen LogP contribution in [0.5, 0.6) is 0 Å². The highest BCUT2D eigenvalue weighted by molar-refractivity contribution is 6.14. The van der Waals surface area contributed by atoms with E-state index in [1.807, 2.05) is 54.6 Å². The normalized spacial score (nSPS) is 16.2. The minimum absolute atomic E-state index is 0.178. The lowest BCUT2D eigenvalue weighted by Gasteiger charge is -2.30. The van der Waals surface area contributed by atoms with Crippen LogP contribution in [0, 0.1) is 0 Å². The maximum Gasteiger partial charge on any atom is 0.179 e. The van der Waals surface area contributed by atoms with E-state index in [1.54, 1.807) is 7.11 Å². The second-order valence-electron chi connectivity index (χ2n) is 6.92. The largest absolute Gasteiger partial charge is 0.381 e. The average Bonchev–Trinajstić information content (AvgIpc) is 3.09. The van der Waals surface area contributed by atoms with Gasteiger partial charge in [-0.1, -0.05) is 48.5 Å². The maximum absolute atomic E-state index is 13.2. The molecule has 1 aliphatic rings. The van der Waals surface area contributed by atoms with Crippen molar-refractivity contribution in [1.82, 2.24) is 9.88 Å². The van der Waals surface area contributed by atoms with Gasteiger partial charge in [0.15, 0.2) is 5.78 Å². The van der Waals surface area contributed by atoms with E-state index < -0.39 is 0 Å². The fourth-order valence-electron chi connectivity index (χ4n) is 3.84. The highest BCUT2D eigenvalue weighted by Crippen LogP contribution is 2.31. The Balaban J connectivity index is 1.65. The number of carbonyl (C=O) groups is 1. The van der Waals surface area contributed by atoms with Crippen LogP contribution in [0.25, 0.3) is 22.2 Å². The summed E-state index contributed by atoms with van der Waals surface area (Å²) in [5.41, 5.74) is 3.78. The van der Waals surface area contributed by atoms with Gasteiger partial charge >= 0.3 is 0 Å². The smallest absolute Gasteiger partial charge is 0.179 e. The molecule has 26 heavy (non-hydrogen) atoms. The summed E-state index contributed by atoms with van der Waals surface area (Å²) in [4.78, 5) is 18.9. The molecule has 0 bridgehead atoms. The Morgan fingerprint density at radius 2 is 1.77 bits per heavy atom. The molecule has 0 aliphatic carbocycles. The molecule has 0 saturated carbocycles. The zero-order chi connectivity index (χ0) is 17.9. The zero-order valence-electron chi connectivity index (χ0n) is 15.1. The molecule has 1 saturated heterocycles. The van der Waals surface area contributed by atoms with E-state index >= 15 is 0 Å². The predicted octanol–water partition coefficient (Wildman–Crippen LogP) is 4.13. The Morgan fingerprint density at radius 3 is 2.50 bits per heavy atom. The summed E-state index contributed by atoms with van der Waals surface area (Å²) in [6.45, 7) is 2.28. The molecule has 1 fully saturated rings. The number of aromatic nitrogens is 1. The topological polar surface area (TPSA) is 45.3 Å². The van der Waals surface area contributed by atoms with E-state index in [-0.39, 0.29) is 5.78 Å². The number of para-hydroxylation sites is 1. The predicted molar refractivity (Wildman–Crippen MR) is 105 cm³/mol. The summed E-state index contributed by atoms with van der Waals surface area (Å²) in [7, 11) is 1.77. The van der Waals surface area contributed by atoms with Crippen molar-refractivity contribution in [3.8, 4) is 11.3 Å². The number of rotatable bonds is 5. The van der Waals surface area contributed by atoms with Crippen molar-refractivity contribution in [2.45, 2.75) is 18.9 Å². The Hall–Kier alpha value is -2.43. The number of carbonyl (C=O) groups excluding carboxylic acids is 1. The highest BCUT2D eigenvalue weighted by Gasteiger charge is 2.24. The molecule has 1 N–H and O–H groups in total. The van der Waals surface area contributed by atoms with E-state index in [4.69, 9.17) is 4.74 Å². The molecule has 2 aromatic carbocycles. The molecule has 0 radical (unpaired) electrons. The van der Waals surface area contributed by atoms with Crippen molar-refractivity contribution in [3.63, 3.8) is 0 Å². The molecule has 0 atom stereocenters. The number of nitrogens with one attached hydrogen (secondary N) is 1. The van der Waals surface area contributed by atoms with E-state index in [0.29, 0.717) is 12.6 Å². The van der Waals surface area contributed by atoms with Gasteiger partial charge in [-0.05, 0) is 24.5 Å². The number of H-pyrrole nitrogens is 1. The van der Waals surface area contributed by atoms with Crippen molar-refractivity contribution in [2.75, 3.05) is 26.7 Å². The second-order valence-corrected chi connectivity index (χ2v) is 6.92. The van der Waals surface area contributed by atoms with Gasteiger partial charge < -0.3 is 9.72 Å². The van der Waals surface area contributed by atoms with E-state index in [0.717, 1.165) is 53.7 Å². The fraction of sp³-hybridized carbons (Fsp3) is 0.318. The number of likely N-dealkylation sites (tertiary alicyclic amines) is 1. The zero-order valence-corrected chi connectivity index (χ0v) is 15.1. The van der Waals surface area contributed by atoms with Gasteiger partial charge in [-0.3, -0.25) is 9.69 Å². The minimum Gasteiger partial charge on any atom is -0.381 e. The SMILES string of the molecule is COC1CCN(CC(=O)c2c(-c3ccccc3)[nH]c3ccccc23)CC1. The van der Waals surface area contributed by atoms with E-state index in [9.17, 15) is 4.79 Å². The highest BCUT2D eigenvalue weighted by atomic mass is 16.5. The molecule has 1 aromatic heterocycles. The number of methoxy groups -OCH3 is 1. The molecule has 4 heteroatoms. The third kappa shape index (κ3) is 3.30. The molecule has 3 aromatic rings. The second kappa shape index (κ2) is 7.44. The van der Waals surface area contributed by atoms with Crippen LogP contribution in [0.3, 0.4) is 0 Å². The first-order valence-electron chi connectivity index (χ1n) is 9.20. The van der Waals surface area contributed by atoms with Crippen LogP contribution in [0.2, 0.25) is 0 Å². The Morgan fingerprint density at radius 1 is 1.08 bits per heavy atom. The molecule has 134 valence electrons. The molecule has 0 unspecified atom stereocenters. The van der Waals surface area contributed by atoms with Crippen molar-refractivity contribution >= 4 is 16.7 Å². The molecule has 0 spiro atoms. The number of hydrogen-bond acceptors (Lipinski definition) is 3. The van der Waals surface area contributed by atoms with Gasteiger partial charge in [0.25, 0.3) is 0 Å². The van der Waals surface area contributed by atoms with Gasteiger partial charge in [-0.2, -0.15) is 0 Å². The number of piperidine rings is 1. The number of Topliss-reactive ketones (excluding diaryl/α,β-unsaturated/α-hetero) is 1. The Labute approximate surface area is 153 Å². The summed E-state index contributed by atoms with van der Waals surface area (Å²) in [5.74, 6) is 0.178. The van der Waals surface area contributed by atoms with E-state index in [1.165, 1.54) is 0 Å². The third-order valence-electron chi connectivity index (χ3n) is 5.28. The molecular weight excluding hydrogens is 324 g/mol. The van der Waals surface area contributed by atoms with Gasteiger partial charge in [0, 0.05) is 31.1 Å². The lowest BCUT2D eigenvalue weighted by Crippen LogP contribution is -2.39. The Kier molecular flexibility index (Phi) is 4.87. The van der Waals surface area contributed by atoms with Crippen molar-refractivity contribution in [1.29, 1.82) is 0 Å². The summed E-state index contributed by atoms with van der Waals surface area (Å²) in [6.07, 6.45) is 2.31. The van der Waals surface area contributed by atoms with Crippen LogP contribution < -0.4 is 0 Å². The number of hydrogen-bond donors (Lipinski definition) is 1. The van der Waals surface area contributed by atoms with Crippen LogP contribution in [0.15, 0.2) is 54.6 Å².